The molecule has 108 valence electrons. The number of nitrogens with zero attached hydrogens (tertiary/aromatic N) is 4. The van der Waals surface area contributed by atoms with Gasteiger partial charge in [-0.2, -0.15) is 0 Å². The summed E-state index contributed by atoms with van der Waals surface area (Å²) in [4.78, 5) is 8.30. The van der Waals surface area contributed by atoms with E-state index >= 15 is 0 Å². The van der Waals surface area contributed by atoms with Crippen molar-refractivity contribution in [3.05, 3.63) is 61.2 Å². The number of nitrogens with one attached hydrogen (secondary N) is 1. The van der Waals surface area contributed by atoms with Gasteiger partial charge in [-0.25, -0.2) is 9.97 Å². The van der Waals surface area contributed by atoms with E-state index in [0.29, 0.717) is 0 Å². The minimum Gasteiger partial charge on any atom is -0.379 e. The summed E-state index contributed by atoms with van der Waals surface area (Å²) < 4.78 is 4.18. The van der Waals surface area contributed by atoms with Gasteiger partial charge >= 0.3 is 0 Å². The van der Waals surface area contributed by atoms with Crippen molar-refractivity contribution in [3.8, 4) is 5.69 Å². The molecule has 0 saturated carbocycles. The molecule has 0 aliphatic carbocycles. The number of aryl methyl sites for hydroxylation is 1. The first-order valence-electron chi connectivity index (χ1n) is 7.18. The first-order valence-corrected chi connectivity index (χ1v) is 7.18. The van der Waals surface area contributed by atoms with Crippen molar-refractivity contribution in [2.24, 2.45) is 0 Å². The van der Waals surface area contributed by atoms with E-state index < -0.39 is 0 Å². The third-order valence-electron chi connectivity index (χ3n) is 3.39. The predicted molar refractivity (Wildman–Crippen MR) is 83.4 cm³/mol. The standard InChI is InChI=1S/C16H19N5/c1-2-7-20-13-18-10-16(20)11-19-14-4-3-5-15(9-14)21-8-6-17-12-21/h3-6,8-10,12-13,19H,2,7,11H2,1H3. The number of imidazole rings is 2. The normalized spacial score (nSPS) is 10.7. The molecule has 0 aliphatic rings. The predicted octanol–water partition coefficient (Wildman–Crippen LogP) is 3.09. The maximum atomic E-state index is 4.22. The van der Waals surface area contributed by atoms with E-state index in [1.165, 1.54) is 5.69 Å². The molecule has 2 heterocycles. The molecule has 0 fully saturated rings. The van der Waals surface area contributed by atoms with Crippen molar-refractivity contribution in [3.63, 3.8) is 0 Å². The maximum Gasteiger partial charge on any atom is 0.0991 e. The van der Waals surface area contributed by atoms with E-state index in [-0.39, 0.29) is 0 Å². The fourth-order valence-electron chi connectivity index (χ4n) is 2.32. The topological polar surface area (TPSA) is 47.7 Å². The van der Waals surface area contributed by atoms with Crippen LogP contribution in [0.2, 0.25) is 0 Å². The smallest absolute Gasteiger partial charge is 0.0991 e. The average Bonchev–Trinajstić information content (AvgIpc) is 3.18. The molecule has 3 rings (SSSR count). The second-order valence-electron chi connectivity index (χ2n) is 4.95. The SMILES string of the molecule is CCCn1cncc1CNc1cccc(-n2ccnc2)c1. The van der Waals surface area contributed by atoms with Gasteiger partial charge in [-0.15, -0.1) is 0 Å². The number of aromatic nitrogens is 4. The Hall–Kier alpha value is -2.56. The Balaban J connectivity index is 1.71. The van der Waals surface area contributed by atoms with E-state index in [1.54, 1.807) is 12.5 Å². The van der Waals surface area contributed by atoms with Gasteiger partial charge in [0.15, 0.2) is 0 Å². The largest absolute Gasteiger partial charge is 0.379 e. The zero-order chi connectivity index (χ0) is 14.5. The van der Waals surface area contributed by atoms with Gasteiger partial charge in [0.25, 0.3) is 0 Å². The Morgan fingerprint density at radius 2 is 2.14 bits per heavy atom. The lowest BCUT2D eigenvalue weighted by Gasteiger charge is -2.10. The molecule has 1 aromatic carbocycles. The Morgan fingerprint density at radius 1 is 1.19 bits per heavy atom. The number of hydrogen-bond acceptors (Lipinski definition) is 3. The quantitative estimate of drug-likeness (QED) is 0.755. The zero-order valence-corrected chi connectivity index (χ0v) is 12.1. The van der Waals surface area contributed by atoms with Crippen LogP contribution in [-0.2, 0) is 13.1 Å². The van der Waals surface area contributed by atoms with Crippen LogP contribution in [0.25, 0.3) is 5.69 Å². The summed E-state index contributed by atoms with van der Waals surface area (Å²) in [7, 11) is 0. The van der Waals surface area contributed by atoms with Crippen molar-refractivity contribution in [1.29, 1.82) is 0 Å². The lowest BCUT2D eigenvalue weighted by Crippen LogP contribution is -2.07. The molecule has 5 nitrogen and oxygen atoms in total. The summed E-state index contributed by atoms with van der Waals surface area (Å²) in [5.74, 6) is 0. The molecule has 0 spiro atoms. The molecule has 3 aromatic rings. The van der Waals surface area contributed by atoms with Crippen LogP contribution in [0, 0.1) is 0 Å². The summed E-state index contributed by atoms with van der Waals surface area (Å²) >= 11 is 0. The molecular weight excluding hydrogens is 262 g/mol. The summed E-state index contributed by atoms with van der Waals surface area (Å²) in [5, 5.41) is 3.45. The molecule has 0 amide bonds. The molecule has 5 heteroatoms. The van der Waals surface area contributed by atoms with Gasteiger partial charge in [-0.1, -0.05) is 13.0 Å². The van der Waals surface area contributed by atoms with Crippen molar-refractivity contribution in [2.75, 3.05) is 5.32 Å². The van der Waals surface area contributed by atoms with Gasteiger partial charge in [0.1, 0.15) is 0 Å². The van der Waals surface area contributed by atoms with Crippen molar-refractivity contribution < 1.29 is 0 Å². The molecule has 0 saturated heterocycles. The van der Waals surface area contributed by atoms with Gasteiger partial charge in [0.05, 0.1) is 24.9 Å². The summed E-state index contributed by atoms with van der Waals surface area (Å²) in [6, 6.07) is 8.29. The van der Waals surface area contributed by atoms with Crippen molar-refractivity contribution in [2.45, 2.75) is 26.4 Å². The number of rotatable bonds is 6. The van der Waals surface area contributed by atoms with Crippen molar-refractivity contribution in [1.82, 2.24) is 19.1 Å². The van der Waals surface area contributed by atoms with E-state index in [1.807, 2.05) is 29.4 Å². The van der Waals surface area contributed by atoms with Crippen LogP contribution in [-0.4, -0.2) is 19.1 Å². The van der Waals surface area contributed by atoms with E-state index in [4.69, 9.17) is 0 Å². The molecule has 0 unspecified atom stereocenters. The Bertz CT molecular complexity index is 684. The van der Waals surface area contributed by atoms with Crippen LogP contribution < -0.4 is 5.32 Å². The molecule has 0 bridgehead atoms. The molecule has 0 aliphatic heterocycles. The van der Waals surface area contributed by atoms with Crippen LogP contribution >= 0.6 is 0 Å². The lowest BCUT2D eigenvalue weighted by atomic mass is 10.2. The first kappa shape index (κ1) is 13.4. The fourth-order valence-corrected chi connectivity index (χ4v) is 2.32. The van der Waals surface area contributed by atoms with Crippen LogP contribution in [0.15, 0.2) is 55.5 Å². The van der Waals surface area contributed by atoms with Crippen molar-refractivity contribution >= 4 is 5.69 Å². The minimum atomic E-state index is 0.771. The Kier molecular flexibility index (Phi) is 4.00. The zero-order valence-electron chi connectivity index (χ0n) is 12.1. The number of hydrogen-bond donors (Lipinski definition) is 1. The highest BCUT2D eigenvalue weighted by atomic mass is 15.1. The Morgan fingerprint density at radius 3 is 2.95 bits per heavy atom. The summed E-state index contributed by atoms with van der Waals surface area (Å²) in [6.45, 7) is 3.95. The lowest BCUT2D eigenvalue weighted by molar-refractivity contribution is 0.651. The molecule has 0 radical (unpaired) electrons. The molecule has 1 N–H and O–H groups in total. The second-order valence-corrected chi connectivity index (χ2v) is 4.95. The molecule has 21 heavy (non-hydrogen) atoms. The van der Waals surface area contributed by atoms with Gasteiger partial charge in [-0.05, 0) is 24.6 Å². The third kappa shape index (κ3) is 3.13. The van der Waals surface area contributed by atoms with Gasteiger partial charge in [-0.3, -0.25) is 0 Å². The van der Waals surface area contributed by atoms with Gasteiger partial charge in [0.2, 0.25) is 0 Å². The molecule has 0 atom stereocenters. The highest BCUT2D eigenvalue weighted by molar-refractivity contribution is 5.51. The maximum absolute atomic E-state index is 4.22. The summed E-state index contributed by atoms with van der Waals surface area (Å²) in [6.07, 6.45) is 10.4. The van der Waals surface area contributed by atoms with E-state index in [0.717, 1.165) is 30.9 Å². The Labute approximate surface area is 124 Å². The highest BCUT2D eigenvalue weighted by Crippen LogP contribution is 2.15. The highest BCUT2D eigenvalue weighted by Gasteiger charge is 2.02. The first-order chi connectivity index (χ1) is 10.4. The third-order valence-corrected chi connectivity index (χ3v) is 3.39. The van der Waals surface area contributed by atoms with Crippen LogP contribution in [0.3, 0.4) is 0 Å². The second kappa shape index (κ2) is 6.26. The minimum absolute atomic E-state index is 0.771. The molecular formula is C16H19N5. The molecule has 2 aromatic heterocycles. The van der Waals surface area contributed by atoms with Gasteiger partial charge < -0.3 is 14.5 Å². The summed E-state index contributed by atoms with van der Waals surface area (Å²) in [5.41, 5.74) is 3.38. The number of anilines is 1. The fraction of sp³-hybridized carbons (Fsp3) is 0.250. The van der Waals surface area contributed by atoms with Crippen LogP contribution in [0.5, 0.6) is 0 Å². The van der Waals surface area contributed by atoms with E-state index in [9.17, 15) is 0 Å². The van der Waals surface area contributed by atoms with Gasteiger partial charge in [0, 0.05) is 36.5 Å². The monoisotopic (exact) mass is 281 g/mol. The van der Waals surface area contributed by atoms with Crippen LogP contribution in [0.1, 0.15) is 19.0 Å². The number of benzene rings is 1. The average molecular weight is 281 g/mol. The van der Waals surface area contributed by atoms with Crippen LogP contribution in [0.4, 0.5) is 5.69 Å². The van der Waals surface area contributed by atoms with E-state index in [2.05, 4.69) is 45.0 Å².